The molecule has 1 N–H and O–H groups in total. The van der Waals surface area contributed by atoms with Crippen LogP contribution >= 0.6 is 11.8 Å². The number of aromatic nitrogens is 2. The van der Waals surface area contributed by atoms with Gasteiger partial charge >= 0.3 is 6.01 Å². The smallest absolute Gasteiger partial charge is 0.318 e. The number of thioether (sulfide) groups is 1. The fourth-order valence-electron chi connectivity index (χ4n) is 3.26. The molecule has 1 aliphatic rings. The second-order valence-electron chi connectivity index (χ2n) is 7.02. The first kappa shape index (κ1) is 20.2. The zero-order valence-electron chi connectivity index (χ0n) is 16.6. The Hall–Kier alpha value is -3.06. The molecule has 0 spiro atoms. The van der Waals surface area contributed by atoms with E-state index in [1.807, 2.05) is 72.4 Å². The quantitative estimate of drug-likeness (QED) is 0.587. The summed E-state index contributed by atoms with van der Waals surface area (Å²) in [7, 11) is 0. The van der Waals surface area contributed by atoms with Gasteiger partial charge in [-0.2, -0.15) is 11.8 Å². The van der Waals surface area contributed by atoms with Crippen molar-refractivity contribution >= 4 is 29.8 Å². The van der Waals surface area contributed by atoms with Gasteiger partial charge in [0, 0.05) is 37.1 Å². The van der Waals surface area contributed by atoms with Crippen molar-refractivity contribution in [3.05, 3.63) is 83.8 Å². The third kappa shape index (κ3) is 5.51. The highest BCUT2D eigenvalue weighted by Crippen LogP contribution is 2.23. The van der Waals surface area contributed by atoms with Gasteiger partial charge in [-0.15, -0.1) is 5.10 Å². The molecule has 7 heteroatoms. The second kappa shape index (κ2) is 10.1. The average Bonchev–Trinajstić information content (AvgIpc) is 3.30. The molecule has 3 aromatic rings. The summed E-state index contributed by atoms with van der Waals surface area (Å²) in [6, 6.07) is 19.8. The highest BCUT2D eigenvalue weighted by Gasteiger charge is 2.23. The number of nitrogens with zero attached hydrogens (tertiary/aromatic N) is 3. The highest BCUT2D eigenvalue weighted by molar-refractivity contribution is 7.99. The Balaban J connectivity index is 1.50. The predicted molar refractivity (Wildman–Crippen MR) is 120 cm³/mol. The summed E-state index contributed by atoms with van der Waals surface area (Å²) in [5.41, 5.74) is 2.05. The van der Waals surface area contributed by atoms with E-state index < -0.39 is 6.04 Å². The van der Waals surface area contributed by atoms with E-state index in [0.29, 0.717) is 18.3 Å². The summed E-state index contributed by atoms with van der Waals surface area (Å²) in [6.07, 6.45) is 3.90. The van der Waals surface area contributed by atoms with Gasteiger partial charge in [-0.05, 0) is 17.2 Å². The molecule has 1 atom stereocenters. The van der Waals surface area contributed by atoms with E-state index >= 15 is 0 Å². The first-order valence-corrected chi connectivity index (χ1v) is 11.2. The zero-order chi connectivity index (χ0) is 20.6. The van der Waals surface area contributed by atoms with Crippen LogP contribution in [-0.2, 0) is 11.2 Å². The maximum Gasteiger partial charge on any atom is 0.318 e. The fraction of sp³-hybridized carbons (Fsp3) is 0.261. The molecule has 1 amide bonds. The Bertz CT molecular complexity index is 969. The number of benzene rings is 2. The van der Waals surface area contributed by atoms with Gasteiger partial charge in [-0.3, -0.25) is 4.79 Å². The van der Waals surface area contributed by atoms with Crippen molar-refractivity contribution in [2.75, 3.05) is 29.5 Å². The van der Waals surface area contributed by atoms with Crippen LogP contribution in [0.2, 0.25) is 0 Å². The molecule has 1 saturated heterocycles. The molecule has 0 bridgehead atoms. The molecule has 6 nitrogen and oxygen atoms in total. The Morgan fingerprint density at radius 2 is 1.77 bits per heavy atom. The van der Waals surface area contributed by atoms with Crippen molar-refractivity contribution in [3.8, 4) is 0 Å². The first-order chi connectivity index (χ1) is 14.8. The molecule has 1 unspecified atom stereocenters. The van der Waals surface area contributed by atoms with E-state index in [9.17, 15) is 4.79 Å². The fourth-order valence-corrected chi connectivity index (χ4v) is 4.16. The Kier molecular flexibility index (Phi) is 6.82. The minimum atomic E-state index is -0.402. The van der Waals surface area contributed by atoms with Gasteiger partial charge in [0.15, 0.2) is 0 Å². The number of hydrogen-bond donors (Lipinski definition) is 1. The number of hydrogen-bond acceptors (Lipinski definition) is 6. The minimum Gasteiger partial charge on any atom is -0.406 e. The van der Waals surface area contributed by atoms with Crippen LogP contribution in [0.25, 0.3) is 6.08 Å². The van der Waals surface area contributed by atoms with Crippen molar-refractivity contribution < 1.29 is 9.21 Å². The second-order valence-corrected chi connectivity index (χ2v) is 8.24. The standard InChI is InChI=1S/C23H24N4O2S/c28-21(12-11-18-7-3-1-4-8-18)24-20(17-19-9-5-2-6-10-19)22-25-26-23(29-22)27-13-15-30-16-14-27/h1-12,20H,13-17H2,(H,24,28)/b12-11+. The van der Waals surface area contributed by atoms with Gasteiger partial charge in [0.1, 0.15) is 6.04 Å². The van der Waals surface area contributed by atoms with Crippen LogP contribution in [0.5, 0.6) is 0 Å². The summed E-state index contributed by atoms with van der Waals surface area (Å²) < 4.78 is 5.98. The van der Waals surface area contributed by atoms with Crippen molar-refractivity contribution in [1.29, 1.82) is 0 Å². The normalized spacial score (nSPS) is 15.3. The van der Waals surface area contributed by atoms with Crippen LogP contribution in [0.3, 0.4) is 0 Å². The molecular formula is C23H24N4O2S. The minimum absolute atomic E-state index is 0.200. The van der Waals surface area contributed by atoms with Crippen LogP contribution < -0.4 is 10.2 Å². The number of rotatable bonds is 7. The Morgan fingerprint density at radius 3 is 2.50 bits per heavy atom. The Labute approximate surface area is 180 Å². The van der Waals surface area contributed by atoms with Crippen LogP contribution in [0, 0.1) is 0 Å². The summed E-state index contributed by atoms with van der Waals surface area (Å²) in [5, 5.41) is 11.5. The molecular weight excluding hydrogens is 396 g/mol. The highest BCUT2D eigenvalue weighted by atomic mass is 32.2. The van der Waals surface area contributed by atoms with Gasteiger partial charge in [-0.25, -0.2) is 0 Å². The van der Waals surface area contributed by atoms with Crippen molar-refractivity contribution in [2.45, 2.75) is 12.5 Å². The molecule has 1 aliphatic heterocycles. The third-order valence-electron chi connectivity index (χ3n) is 4.84. The maximum absolute atomic E-state index is 12.6. The zero-order valence-corrected chi connectivity index (χ0v) is 17.4. The number of amides is 1. The molecule has 30 heavy (non-hydrogen) atoms. The lowest BCUT2D eigenvalue weighted by molar-refractivity contribution is -0.117. The molecule has 1 fully saturated rings. The van der Waals surface area contributed by atoms with E-state index in [0.717, 1.165) is 35.7 Å². The molecule has 154 valence electrons. The molecule has 0 radical (unpaired) electrons. The molecule has 0 aliphatic carbocycles. The summed E-state index contributed by atoms with van der Waals surface area (Å²) in [5.74, 6) is 2.32. The van der Waals surface area contributed by atoms with Gasteiger partial charge in [0.25, 0.3) is 0 Å². The summed E-state index contributed by atoms with van der Waals surface area (Å²) in [6.45, 7) is 1.78. The summed E-state index contributed by atoms with van der Waals surface area (Å²) >= 11 is 1.92. The van der Waals surface area contributed by atoms with Gasteiger partial charge < -0.3 is 14.6 Å². The van der Waals surface area contributed by atoms with Crippen LogP contribution in [0.1, 0.15) is 23.1 Å². The lowest BCUT2D eigenvalue weighted by Gasteiger charge is -2.24. The van der Waals surface area contributed by atoms with Gasteiger partial charge in [-0.1, -0.05) is 65.8 Å². The van der Waals surface area contributed by atoms with Crippen molar-refractivity contribution in [3.63, 3.8) is 0 Å². The van der Waals surface area contributed by atoms with E-state index in [1.165, 1.54) is 6.08 Å². The van der Waals surface area contributed by atoms with E-state index in [4.69, 9.17) is 4.42 Å². The first-order valence-electron chi connectivity index (χ1n) is 10.0. The Morgan fingerprint density at radius 1 is 1.07 bits per heavy atom. The number of anilines is 1. The topological polar surface area (TPSA) is 71.3 Å². The monoisotopic (exact) mass is 420 g/mol. The van der Waals surface area contributed by atoms with E-state index in [2.05, 4.69) is 20.4 Å². The molecule has 0 saturated carbocycles. The van der Waals surface area contributed by atoms with E-state index in [-0.39, 0.29) is 5.91 Å². The summed E-state index contributed by atoms with van der Waals surface area (Å²) in [4.78, 5) is 14.7. The third-order valence-corrected chi connectivity index (χ3v) is 5.78. The molecule has 1 aromatic heterocycles. The number of carbonyl (C=O) groups excluding carboxylic acids is 1. The number of nitrogens with one attached hydrogen (secondary N) is 1. The lowest BCUT2D eigenvalue weighted by atomic mass is 10.1. The van der Waals surface area contributed by atoms with E-state index in [1.54, 1.807) is 6.08 Å². The van der Waals surface area contributed by atoms with Crippen molar-refractivity contribution in [2.24, 2.45) is 0 Å². The van der Waals surface area contributed by atoms with Crippen LogP contribution in [-0.4, -0.2) is 40.7 Å². The molecule has 2 heterocycles. The largest absolute Gasteiger partial charge is 0.406 e. The molecule has 4 rings (SSSR count). The van der Waals surface area contributed by atoms with Crippen LogP contribution in [0.4, 0.5) is 6.01 Å². The molecule has 2 aromatic carbocycles. The maximum atomic E-state index is 12.6. The predicted octanol–water partition coefficient (Wildman–Crippen LogP) is 3.74. The number of carbonyl (C=O) groups is 1. The van der Waals surface area contributed by atoms with Crippen molar-refractivity contribution in [1.82, 2.24) is 15.5 Å². The van der Waals surface area contributed by atoms with Gasteiger partial charge in [0.05, 0.1) is 0 Å². The average molecular weight is 421 g/mol. The van der Waals surface area contributed by atoms with Crippen LogP contribution in [0.15, 0.2) is 71.2 Å². The SMILES string of the molecule is O=C(/C=C/c1ccccc1)NC(Cc1ccccc1)c1nnc(N2CCSCC2)o1. The lowest BCUT2D eigenvalue weighted by Crippen LogP contribution is -2.32. The van der Waals surface area contributed by atoms with Gasteiger partial charge in [0.2, 0.25) is 11.8 Å².